The largest absolute Gasteiger partial charge is 0.338 e. The van der Waals surface area contributed by atoms with Crippen LogP contribution < -0.4 is 0 Å². The normalized spacial score (nSPS) is 15.8. The molecule has 1 nitrogen and oxygen atoms in total. The summed E-state index contributed by atoms with van der Waals surface area (Å²) in [7, 11) is 0. The molecule has 1 atom stereocenters. The number of rotatable bonds is 7. The standard InChI is InChI=1S/C20H27N/c1-7-20(5,6)18(4)21(16-12-11-13-17(2)3)19-14-9-8-10-15-19/h8-9,11-14,16,18H,2,7H2,1,3-6H3/b13-11-,16-12-. The van der Waals surface area contributed by atoms with Crippen molar-refractivity contribution in [3.05, 3.63) is 72.0 Å². The first-order chi connectivity index (χ1) is 9.88. The fourth-order valence-corrected chi connectivity index (χ4v) is 1.95. The van der Waals surface area contributed by atoms with Crippen LogP contribution in [0.15, 0.2) is 72.0 Å². The van der Waals surface area contributed by atoms with Crippen molar-refractivity contribution in [2.24, 2.45) is 5.41 Å². The monoisotopic (exact) mass is 281 g/mol. The first-order valence-corrected chi connectivity index (χ1v) is 7.55. The second-order valence-electron chi connectivity index (χ2n) is 6.15. The molecule has 0 radical (unpaired) electrons. The summed E-state index contributed by atoms with van der Waals surface area (Å²) in [6.07, 6.45) is 15.3. The molecule has 1 aliphatic carbocycles. The van der Waals surface area contributed by atoms with Gasteiger partial charge in [0.05, 0.1) is 5.70 Å². The van der Waals surface area contributed by atoms with E-state index < -0.39 is 0 Å². The van der Waals surface area contributed by atoms with Gasteiger partial charge in [0.25, 0.3) is 0 Å². The van der Waals surface area contributed by atoms with Crippen molar-refractivity contribution in [2.45, 2.75) is 47.1 Å². The van der Waals surface area contributed by atoms with E-state index in [2.05, 4.69) is 69.0 Å². The molecule has 0 fully saturated rings. The Morgan fingerprint density at radius 1 is 1.43 bits per heavy atom. The second kappa shape index (κ2) is 7.74. The molecule has 0 aromatic carbocycles. The summed E-state index contributed by atoms with van der Waals surface area (Å²) in [5.41, 5.74) is 8.56. The van der Waals surface area contributed by atoms with Gasteiger partial charge in [-0.2, -0.15) is 0 Å². The number of hydrogen-bond acceptors (Lipinski definition) is 1. The number of nitrogens with zero attached hydrogens (tertiary/aromatic N) is 1. The molecule has 1 heteroatoms. The van der Waals surface area contributed by atoms with Gasteiger partial charge in [0, 0.05) is 12.2 Å². The summed E-state index contributed by atoms with van der Waals surface area (Å²) in [6.45, 7) is 15.0. The summed E-state index contributed by atoms with van der Waals surface area (Å²) in [6, 6.07) is 0.365. The fraction of sp³-hybridized carbons (Fsp3) is 0.400. The Morgan fingerprint density at radius 2 is 2.14 bits per heavy atom. The first-order valence-electron chi connectivity index (χ1n) is 7.55. The van der Waals surface area contributed by atoms with E-state index in [1.165, 1.54) is 0 Å². The van der Waals surface area contributed by atoms with E-state index in [9.17, 15) is 0 Å². The molecule has 0 saturated carbocycles. The van der Waals surface area contributed by atoms with Crippen LogP contribution in [0, 0.1) is 5.41 Å². The molecule has 0 bridgehead atoms. The number of allylic oxidation sites excluding steroid dienone is 7. The van der Waals surface area contributed by atoms with Gasteiger partial charge < -0.3 is 4.90 Å². The molecule has 112 valence electrons. The molecular weight excluding hydrogens is 254 g/mol. The Balaban J connectivity index is 3.07. The van der Waals surface area contributed by atoms with E-state index in [1.54, 1.807) is 0 Å². The van der Waals surface area contributed by atoms with Crippen molar-refractivity contribution in [3.63, 3.8) is 0 Å². The lowest BCUT2D eigenvalue weighted by Crippen LogP contribution is -2.39. The molecular formula is C20H27N. The number of hydrogen-bond donors (Lipinski definition) is 0. The molecule has 1 unspecified atom stereocenters. The molecule has 21 heavy (non-hydrogen) atoms. The maximum absolute atomic E-state index is 3.87. The van der Waals surface area contributed by atoms with Crippen LogP contribution in [0.3, 0.4) is 0 Å². The van der Waals surface area contributed by atoms with Crippen molar-refractivity contribution < 1.29 is 0 Å². The van der Waals surface area contributed by atoms with E-state index in [-0.39, 0.29) is 5.41 Å². The summed E-state index contributed by atoms with van der Waals surface area (Å²) in [5, 5.41) is 0. The zero-order chi connectivity index (χ0) is 15.9. The molecule has 0 aromatic heterocycles. The Bertz CT molecular complexity index is 557. The minimum Gasteiger partial charge on any atom is -0.338 e. The van der Waals surface area contributed by atoms with Crippen molar-refractivity contribution >= 4 is 0 Å². The molecule has 1 aliphatic rings. The van der Waals surface area contributed by atoms with E-state index in [1.807, 2.05) is 31.2 Å². The van der Waals surface area contributed by atoms with Gasteiger partial charge in [-0.3, -0.25) is 0 Å². The Hall–Kier alpha value is -1.94. The average Bonchev–Trinajstić information content (AvgIpc) is 2.47. The maximum atomic E-state index is 3.87. The van der Waals surface area contributed by atoms with E-state index in [0.717, 1.165) is 17.7 Å². The van der Waals surface area contributed by atoms with Crippen LogP contribution in [0.25, 0.3) is 0 Å². The lowest BCUT2D eigenvalue weighted by Gasteiger charge is -2.39. The van der Waals surface area contributed by atoms with Gasteiger partial charge in [-0.15, -0.1) is 0 Å². The summed E-state index contributed by atoms with van der Waals surface area (Å²) < 4.78 is 0. The van der Waals surface area contributed by atoms with Crippen LogP contribution in [0.2, 0.25) is 0 Å². The molecule has 0 aliphatic heterocycles. The zero-order valence-corrected chi connectivity index (χ0v) is 14.0. The highest BCUT2D eigenvalue weighted by molar-refractivity contribution is 5.28. The van der Waals surface area contributed by atoms with E-state index in [4.69, 9.17) is 0 Å². The molecule has 0 aromatic rings. The second-order valence-corrected chi connectivity index (χ2v) is 6.15. The minimum atomic E-state index is 0.214. The zero-order valence-electron chi connectivity index (χ0n) is 14.0. The predicted octanol–water partition coefficient (Wildman–Crippen LogP) is 5.52. The average molecular weight is 281 g/mol. The van der Waals surface area contributed by atoms with Gasteiger partial charge in [-0.1, -0.05) is 56.9 Å². The van der Waals surface area contributed by atoms with Gasteiger partial charge in [-0.05, 0) is 49.6 Å². The molecule has 0 saturated heterocycles. The Morgan fingerprint density at radius 3 is 2.67 bits per heavy atom. The van der Waals surface area contributed by atoms with E-state index in [0.29, 0.717) is 6.04 Å². The summed E-state index contributed by atoms with van der Waals surface area (Å²) in [5.74, 6) is 0. The van der Waals surface area contributed by atoms with Gasteiger partial charge in [0.2, 0.25) is 0 Å². The van der Waals surface area contributed by atoms with Gasteiger partial charge in [0.1, 0.15) is 0 Å². The molecule has 0 N–H and O–H groups in total. The third-order valence-electron chi connectivity index (χ3n) is 4.11. The van der Waals surface area contributed by atoms with Crippen LogP contribution in [0.5, 0.6) is 0 Å². The van der Waals surface area contributed by atoms with Crippen molar-refractivity contribution in [1.82, 2.24) is 4.90 Å². The summed E-state index contributed by atoms with van der Waals surface area (Å²) >= 11 is 0. The van der Waals surface area contributed by atoms with Gasteiger partial charge >= 0.3 is 0 Å². The van der Waals surface area contributed by atoms with Gasteiger partial charge in [0.15, 0.2) is 0 Å². The lowest BCUT2D eigenvalue weighted by molar-refractivity contribution is 0.172. The topological polar surface area (TPSA) is 3.24 Å². The third kappa shape index (κ3) is 5.16. The predicted molar refractivity (Wildman–Crippen MR) is 92.7 cm³/mol. The van der Waals surface area contributed by atoms with Crippen LogP contribution in [-0.2, 0) is 0 Å². The van der Waals surface area contributed by atoms with Crippen molar-refractivity contribution in [3.8, 4) is 0 Å². The fourth-order valence-electron chi connectivity index (χ4n) is 1.95. The van der Waals surface area contributed by atoms with Crippen LogP contribution >= 0.6 is 0 Å². The van der Waals surface area contributed by atoms with Crippen LogP contribution in [0.1, 0.15) is 41.0 Å². The third-order valence-corrected chi connectivity index (χ3v) is 4.11. The highest BCUT2D eigenvalue weighted by Gasteiger charge is 2.28. The smallest absolute Gasteiger partial charge is 0.0925 e. The SMILES string of the molecule is C=C(C)/C=C\C=C/N(C1=C=C=CC=C1)C(C)C(C)(C)CC. The summed E-state index contributed by atoms with van der Waals surface area (Å²) in [4.78, 5) is 2.27. The molecule has 0 spiro atoms. The van der Waals surface area contributed by atoms with Gasteiger partial charge in [-0.25, -0.2) is 0 Å². The Kier molecular flexibility index (Phi) is 6.31. The minimum absolute atomic E-state index is 0.214. The van der Waals surface area contributed by atoms with Crippen molar-refractivity contribution in [2.75, 3.05) is 0 Å². The van der Waals surface area contributed by atoms with Crippen LogP contribution in [-0.4, -0.2) is 10.9 Å². The molecule has 0 amide bonds. The van der Waals surface area contributed by atoms with E-state index >= 15 is 0 Å². The maximum Gasteiger partial charge on any atom is 0.0925 e. The highest BCUT2D eigenvalue weighted by atomic mass is 15.2. The highest BCUT2D eigenvalue weighted by Crippen LogP contribution is 2.31. The first kappa shape index (κ1) is 17.1. The Labute approximate surface area is 130 Å². The van der Waals surface area contributed by atoms with Crippen molar-refractivity contribution in [1.29, 1.82) is 0 Å². The molecule has 0 heterocycles. The molecule has 1 rings (SSSR count). The lowest BCUT2D eigenvalue weighted by atomic mass is 9.82. The quantitative estimate of drug-likeness (QED) is 0.438. The van der Waals surface area contributed by atoms with Crippen LogP contribution in [0.4, 0.5) is 0 Å².